The second-order valence-electron chi connectivity index (χ2n) is 6.80. The molecule has 0 fully saturated rings. The first-order valence-corrected chi connectivity index (χ1v) is 11.3. The van der Waals surface area contributed by atoms with Crippen molar-refractivity contribution < 1.29 is 33.7 Å². The van der Waals surface area contributed by atoms with E-state index < -0.39 is 38.8 Å². The van der Waals surface area contributed by atoms with E-state index in [0.29, 0.717) is 18.6 Å². The number of benzene rings is 1. The molecule has 8 nitrogen and oxygen atoms in total. The van der Waals surface area contributed by atoms with Crippen LogP contribution in [-0.4, -0.2) is 38.9 Å². The number of nitrogens with one attached hydrogen (secondary N) is 1. The average molecular weight is 518 g/mol. The minimum Gasteiger partial charge on any atom is -0.497 e. The van der Waals surface area contributed by atoms with E-state index in [0.717, 1.165) is 22.4 Å². The van der Waals surface area contributed by atoms with E-state index in [2.05, 4.69) is 14.9 Å². The van der Waals surface area contributed by atoms with Crippen LogP contribution in [0.25, 0.3) is 5.65 Å². The fraction of sp³-hybridized carbons (Fsp3) is 0.333. The molecule has 15 heteroatoms. The summed E-state index contributed by atoms with van der Waals surface area (Å²) in [7, 11) is -9.06. The fourth-order valence-electron chi connectivity index (χ4n) is 2.94. The zero-order valence-corrected chi connectivity index (χ0v) is 19.3. The maximum absolute atomic E-state index is 13.3. The Bertz CT molecular complexity index is 1280. The lowest BCUT2D eigenvalue weighted by atomic mass is 10.1. The average Bonchev–Trinajstić information content (AvgIpc) is 3.01. The number of methoxy groups -OCH3 is 1. The van der Waals surface area contributed by atoms with E-state index in [1.165, 1.54) is 0 Å². The van der Waals surface area contributed by atoms with Crippen molar-refractivity contribution in [3.8, 4) is 11.6 Å². The third-order valence-corrected chi connectivity index (χ3v) is 5.62. The summed E-state index contributed by atoms with van der Waals surface area (Å²) in [4.78, 5) is 10.4. The molecule has 3 rings (SSSR count). The third-order valence-electron chi connectivity index (χ3n) is 4.49. The van der Waals surface area contributed by atoms with Crippen LogP contribution in [0.5, 0.6) is 11.6 Å². The number of carbonyl (C=O) groups excluding carboxylic acids is 1. The number of hydrogen-bond donors (Lipinski definition) is 1. The summed E-state index contributed by atoms with van der Waals surface area (Å²) in [5.74, 6) is -1.30. The number of aromatic nitrogens is 4. The van der Waals surface area contributed by atoms with E-state index >= 15 is 0 Å². The lowest BCUT2D eigenvalue weighted by Crippen LogP contribution is -2.26. The van der Waals surface area contributed by atoms with Gasteiger partial charge in [-0.05, 0) is 25.5 Å². The Labute approximate surface area is 190 Å². The molecule has 0 aliphatic carbocycles. The van der Waals surface area contributed by atoms with Crippen molar-refractivity contribution in [2.24, 2.45) is 0 Å². The first-order valence-electron chi connectivity index (χ1n) is 9.30. The van der Waals surface area contributed by atoms with Gasteiger partial charge in [-0.1, -0.05) is 26.4 Å². The molecule has 2 aromatic heterocycles. The van der Waals surface area contributed by atoms with Gasteiger partial charge in [0.1, 0.15) is 17.2 Å². The van der Waals surface area contributed by atoms with Crippen molar-refractivity contribution in [3.63, 3.8) is 0 Å². The Morgan fingerprint density at radius 2 is 1.76 bits per heavy atom. The van der Waals surface area contributed by atoms with Crippen molar-refractivity contribution in [1.82, 2.24) is 19.4 Å². The topological polar surface area (TPSA) is 94.5 Å². The summed E-state index contributed by atoms with van der Waals surface area (Å²) in [6, 6.07) is 2.76. The van der Waals surface area contributed by atoms with Gasteiger partial charge in [-0.15, -0.1) is 22.6 Å². The molecule has 0 spiro atoms. The molecule has 0 saturated carbocycles. The van der Waals surface area contributed by atoms with Crippen molar-refractivity contribution >= 4 is 34.1 Å². The summed E-state index contributed by atoms with van der Waals surface area (Å²) in [6.45, 7) is 3.23. The summed E-state index contributed by atoms with van der Waals surface area (Å²) < 4.78 is 78.5. The molecule has 2 heterocycles. The highest BCUT2D eigenvalue weighted by atomic mass is 35.5. The molecule has 0 atom stereocenters. The molecule has 0 saturated heterocycles. The highest BCUT2D eigenvalue weighted by Crippen LogP contribution is 3.02. The predicted octanol–water partition coefficient (Wildman–Crippen LogP) is 4.94. The number of rotatable bonds is 8. The molecule has 0 unspecified atom stereocenters. The van der Waals surface area contributed by atoms with Gasteiger partial charge < -0.3 is 9.47 Å². The van der Waals surface area contributed by atoms with Crippen LogP contribution in [0.15, 0.2) is 29.2 Å². The van der Waals surface area contributed by atoms with Crippen LogP contribution < -0.4 is 15.1 Å². The minimum absolute atomic E-state index is 0. The quantitative estimate of drug-likeness (QED) is 0.337. The van der Waals surface area contributed by atoms with Gasteiger partial charge in [0.05, 0.1) is 13.7 Å². The summed E-state index contributed by atoms with van der Waals surface area (Å²) in [5, 5.41) is 16.5. The van der Waals surface area contributed by atoms with Crippen LogP contribution in [0.3, 0.4) is 0 Å². The molecular weight excluding hydrogens is 497 g/mol. The second kappa shape index (κ2) is 8.17. The van der Waals surface area contributed by atoms with Gasteiger partial charge in [-0.2, -0.15) is 4.52 Å². The first-order chi connectivity index (χ1) is 14.7. The predicted molar refractivity (Wildman–Crippen MR) is 113 cm³/mol. The fourth-order valence-corrected chi connectivity index (χ4v) is 3.63. The van der Waals surface area contributed by atoms with E-state index in [9.17, 15) is 24.2 Å². The summed E-state index contributed by atoms with van der Waals surface area (Å²) >= 11 is 0. The Morgan fingerprint density at radius 3 is 2.30 bits per heavy atom. The molecule has 0 aliphatic rings. The molecular formula is C18H21ClF5N5O3S. The van der Waals surface area contributed by atoms with Crippen LogP contribution in [0, 0.1) is 5.41 Å². The Kier molecular flexibility index (Phi) is 6.53. The SMILES string of the molecule is CCOc1cc(CC)c2nn(CC(=O)c3cc(OC)cc(S(F)(F)(F)(F)F)c3)c(=N)n2n1.Cl. The van der Waals surface area contributed by atoms with E-state index in [1.807, 2.05) is 6.92 Å². The number of ether oxygens (including phenoxy) is 2. The molecule has 0 amide bonds. The normalized spacial score (nSPS) is 13.7. The van der Waals surface area contributed by atoms with Gasteiger partial charge in [0.25, 0.3) is 0 Å². The van der Waals surface area contributed by atoms with Crippen LogP contribution in [-0.2, 0) is 13.0 Å². The lowest BCUT2D eigenvalue weighted by molar-refractivity contribution is 0.0965. The molecule has 1 N–H and O–H groups in total. The molecule has 184 valence electrons. The second-order valence-corrected chi connectivity index (χ2v) is 9.21. The number of carbonyl (C=O) groups is 1. The summed E-state index contributed by atoms with van der Waals surface area (Å²) in [5.41, 5.74) is -0.0875. The van der Waals surface area contributed by atoms with E-state index in [1.54, 1.807) is 13.0 Å². The van der Waals surface area contributed by atoms with Crippen molar-refractivity contribution in [2.75, 3.05) is 13.7 Å². The smallest absolute Gasteiger partial charge is 0.310 e. The largest absolute Gasteiger partial charge is 0.497 e. The summed E-state index contributed by atoms with van der Waals surface area (Å²) in [6.07, 6.45) is 0.500. The molecule has 33 heavy (non-hydrogen) atoms. The van der Waals surface area contributed by atoms with Gasteiger partial charge in [0.2, 0.25) is 11.5 Å². The standard InChI is InChI=1S/C18H20F5N5O3S.ClH/c1-4-11-8-16(31-5-2)25-28-17(11)26-27(18(28)24)10-15(29)12-6-13(30-3)9-14(7-12)32(19,20,21,22)23;/h6-9,24H,4-5,10H2,1-3H3;1H. The number of halogens is 6. The number of fused-ring (bicyclic) bond motifs is 1. The number of hydrogen-bond acceptors (Lipinski definition) is 6. The molecule has 3 aromatic rings. The van der Waals surface area contributed by atoms with E-state index in [4.69, 9.17) is 10.1 Å². The van der Waals surface area contributed by atoms with Gasteiger partial charge in [0, 0.05) is 23.3 Å². The number of aryl methyl sites for hydroxylation is 1. The van der Waals surface area contributed by atoms with E-state index in [-0.39, 0.29) is 41.7 Å². The molecule has 1 aromatic carbocycles. The van der Waals surface area contributed by atoms with Crippen LogP contribution in [0.4, 0.5) is 19.4 Å². The van der Waals surface area contributed by atoms with Gasteiger partial charge in [-0.3, -0.25) is 10.2 Å². The van der Waals surface area contributed by atoms with Crippen LogP contribution >= 0.6 is 22.6 Å². The zero-order valence-electron chi connectivity index (χ0n) is 17.7. The molecule has 0 aliphatic heterocycles. The Hall–Kier alpha value is -2.87. The number of nitrogens with zero attached hydrogens (tertiary/aromatic N) is 4. The van der Waals surface area contributed by atoms with Crippen molar-refractivity contribution in [1.29, 1.82) is 5.41 Å². The number of Topliss-reactive ketones (excluding diaryl/α,β-unsaturated/α-hetero) is 1. The van der Waals surface area contributed by atoms with Crippen LogP contribution in [0.1, 0.15) is 29.8 Å². The van der Waals surface area contributed by atoms with Gasteiger partial charge in [0.15, 0.2) is 11.4 Å². The minimum atomic E-state index is -10.1. The Morgan fingerprint density at radius 1 is 1.09 bits per heavy atom. The highest BCUT2D eigenvalue weighted by Gasteiger charge is 2.65. The Balaban J connectivity index is 0.00000385. The monoisotopic (exact) mass is 517 g/mol. The number of ketones is 1. The lowest BCUT2D eigenvalue weighted by Gasteiger charge is -2.40. The molecule has 0 bridgehead atoms. The highest BCUT2D eigenvalue weighted by molar-refractivity contribution is 8.45. The zero-order chi connectivity index (χ0) is 24.0. The van der Waals surface area contributed by atoms with Gasteiger partial charge >= 0.3 is 10.2 Å². The van der Waals surface area contributed by atoms with Crippen molar-refractivity contribution in [2.45, 2.75) is 31.7 Å². The maximum atomic E-state index is 13.3. The molecule has 0 radical (unpaired) electrons. The van der Waals surface area contributed by atoms with Crippen molar-refractivity contribution in [3.05, 3.63) is 41.0 Å². The first kappa shape index (κ1) is 26.4. The third kappa shape index (κ3) is 5.55. The maximum Gasteiger partial charge on any atom is 0.310 e. The van der Waals surface area contributed by atoms with Gasteiger partial charge in [-0.25, -0.2) is 4.68 Å². The van der Waals surface area contributed by atoms with Crippen LogP contribution in [0.2, 0.25) is 0 Å².